The molecule has 0 rings (SSSR count). The fourth-order valence-corrected chi connectivity index (χ4v) is 5.60. The maximum Gasteiger partial charge on any atom is 0.472 e. The number of rotatable bonds is 34. The topological polar surface area (TPSA) is 134 Å². The molecule has 0 radical (unpaired) electrons. The molecule has 0 aromatic rings. The molecule has 0 bridgehead atoms. The standard InChI is InChI=1S/C36H68NO8P/c1-3-5-7-9-11-13-15-16-17-18-19-21-23-25-27-29-36(39)45-34(33-44-46(40,41)43-31-30-37)32-42-35(38)28-26-24-22-20-14-12-10-8-6-4-2/h16-17,19,21,34H,3-15,18,20,22-33,37H2,1-2H3,(H,40,41)/b17-16+,21-19+/t34-/m1/s1. The van der Waals surface area contributed by atoms with Gasteiger partial charge in [0.1, 0.15) is 6.61 Å². The summed E-state index contributed by atoms with van der Waals surface area (Å²) in [6, 6.07) is 0. The number of phosphoric ester groups is 1. The van der Waals surface area contributed by atoms with Gasteiger partial charge in [-0.25, -0.2) is 4.57 Å². The maximum absolute atomic E-state index is 12.5. The van der Waals surface area contributed by atoms with Crippen LogP contribution in [0, 0.1) is 0 Å². The second kappa shape index (κ2) is 33.4. The molecule has 0 aromatic carbocycles. The first kappa shape index (κ1) is 44.5. The summed E-state index contributed by atoms with van der Waals surface area (Å²) >= 11 is 0. The van der Waals surface area contributed by atoms with Crippen LogP contribution in [0.5, 0.6) is 0 Å². The van der Waals surface area contributed by atoms with Crippen LogP contribution in [0.4, 0.5) is 0 Å². The van der Waals surface area contributed by atoms with Gasteiger partial charge in [-0.2, -0.15) is 0 Å². The van der Waals surface area contributed by atoms with Crippen LogP contribution in [-0.4, -0.2) is 49.3 Å². The van der Waals surface area contributed by atoms with E-state index in [0.717, 1.165) is 44.9 Å². The zero-order chi connectivity index (χ0) is 34.0. The van der Waals surface area contributed by atoms with Gasteiger partial charge in [-0.3, -0.25) is 18.6 Å². The Bertz CT molecular complexity index is 820. The minimum absolute atomic E-state index is 0.0496. The number of ether oxygens (including phenoxy) is 2. The number of nitrogens with two attached hydrogens (primary N) is 1. The van der Waals surface area contributed by atoms with Crippen LogP contribution >= 0.6 is 7.82 Å². The minimum atomic E-state index is -4.37. The predicted octanol–water partition coefficient (Wildman–Crippen LogP) is 9.66. The minimum Gasteiger partial charge on any atom is -0.462 e. The summed E-state index contributed by atoms with van der Waals surface area (Å²) in [5.74, 6) is -0.868. The Labute approximate surface area is 281 Å². The van der Waals surface area contributed by atoms with E-state index in [2.05, 4.69) is 38.2 Å². The number of carbonyl (C=O) groups excluding carboxylic acids is 2. The van der Waals surface area contributed by atoms with E-state index >= 15 is 0 Å². The second-order valence-corrected chi connectivity index (χ2v) is 13.5. The van der Waals surface area contributed by atoms with E-state index in [4.69, 9.17) is 24.3 Å². The summed E-state index contributed by atoms with van der Waals surface area (Å²) in [5.41, 5.74) is 5.32. The highest BCUT2D eigenvalue weighted by molar-refractivity contribution is 7.47. The molecule has 0 aromatic heterocycles. The molecule has 1 unspecified atom stereocenters. The normalized spacial score (nSPS) is 13.7. The third-order valence-corrected chi connectivity index (χ3v) is 8.57. The largest absolute Gasteiger partial charge is 0.472 e. The SMILES string of the molecule is CCCCCCCC/C=C/C/C=C/CCCCC(=O)O[C@H](COC(=O)CCCCCCCCCCCC)COP(=O)(O)OCCN. The van der Waals surface area contributed by atoms with Crippen LogP contribution in [0.15, 0.2) is 24.3 Å². The first-order chi connectivity index (χ1) is 22.3. The molecule has 0 saturated carbocycles. The van der Waals surface area contributed by atoms with Crippen molar-refractivity contribution >= 4 is 19.8 Å². The van der Waals surface area contributed by atoms with Crippen molar-refractivity contribution in [2.24, 2.45) is 5.73 Å². The number of hydrogen-bond donors (Lipinski definition) is 2. The lowest BCUT2D eigenvalue weighted by molar-refractivity contribution is -0.161. The Balaban J connectivity index is 4.30. The molecule has 3 N–H and O–H groups in total. The maximum atomic E-state index is 12.5. The van der Waals surface area contributed by atoms with E-state index in [-0.39, 0.29) is 32.6 Å². The lowest BCUT2D eigenvalue weighted by Crippen LogP contribution is -2.29. The molecular formula is C36H68NO8P. The Morgan fingerprint density at radius 1 is 0.652 bits per heavy atom. The zero-order valence-electron chi connectivity index (χ0n) is 29.3. The van der Waals surface area contributed by atoms with Crippen LogP contribution in [0.3, 0.4) is 0 Å². The highest BCUT2D eigenvalue weighted by Gasteiger charge is 2.25. The predicted molar refractivity (Wildman–Crippen MR) is 187 cm³/mol. The van der Waals surface area contributed by atoms with E-state index in [0.29, 0.717) is 6.42 Å². The Hall–Kier alpha value is -1.51. The average Bonchev–Trinajstić information content (AvgIpc) is 3.04. The van der Waals surface area contributed by atoms with Gasteiger partial charge in [-0.15, -0.1) is 0 Å². The molecule has 0 spiro atoms. The zero-order valence-corrected chi connectivity index (χ0v) is 30.2. The van der Waals surface area contributed by atoms with E-state index in [1.165, 1.54) is 83.5 Å². The molecule has 0 saturated heterocycles. The number of hydrogen-bond acceptors (Lipinski definition) is 8. The number of unbranched alkanes of at least 4 members (excludes halogenated alkanes) is 17. The Morgan fingerprint density at radius 3 is 1.70 bits per heavy atom. The molecule has 0 aliphatic carbocycles. The highest BCUT2D eigenvalue weighted by atomic mass is 31.2. The third kappa shape index (κ3) is 32.4. The average molecular weight is 674 g/mol. The van der Waals surface area contributed by atoms with Gasteiger partial charge in [-0.05, 0) is 44.9 Å². The summed E-state index contributed by atoms with van der Waals surface area (Å²) in [5, 5.41) is 0. The van der Waals surface area contributed by atoms with Gasteiger partial charge in [0.05, 0.1) is 13.2 Å². The van der Waals surface area contributed by atoms with Crippen molar-refractivity contribution in [1.82, 2.24) is 0 Å². The summed E-state index contributed by atoms with van der Waals surface area (Å²) < 4.78 is 32.5. The van der Waals surface area contributed by atoms with Crippen molar-refractivity contribution in [1.29, 1.82) is 0 Å². The molecular weight excluding hydrogens is 605 g/mol. The fraction of sp³-hybridized carbons (Fsp3) is 0.833. The Kier molecular flexibility index (Phi) is 32.3. The second-order valence-electron chi connectivity index (χ2n) is 12.1. The van der Waals surface area contributed by atoms with Gasteiger partial charge >= 0.3 is 19.8 Å². The highest BCUT2D eigenvalue weighted by Crippen LogP contribution is 2.43. The molecule has 46 heavy (non-hydrogen) atoms. The summed E-state index contributed by atoms with van der Waals surface area (Å²) in [6.45, 7) is 3.66. The molecule has 9 nitrogen and oxygen atoms in total. The monoisotopic (exact) mass is 673 g/mol. The quantitative estimate of drug-likeness (QED) is 0.0296. The molecule has 10 heteroatoms. The van der Waals surface area contributed by atoms with E-state index < -0.39 is 32.5 Å². The number of esters is 2. The van der Waals surface area contributed by atoms with Crippen LogP contribution < -0.4 is 5.73 Å². The van der Waals surface area contributed by atoms with Gasteiger partial charge in [0.2, 0.25) is 0 Å². The van der Waals surface area contributed by atoms with Crippen LogP contribution in [0.1, 0.15) is 162 Å². The van der Waals surface area contributed by atoms with Gasteiger partial charge in [0, 0.05) is 19.4 Å². The molecule has 0 aliphatic heterocycles. The van der Waals surface area contributed by atoms with Gasteiger partial charge in [0.15, 0.2) is 6.10 Å². The van der Waals surface area contributed by atoms with Gasteiger partial charge in [0.25, 0.3) is 0 Å². The number of allylic oxidation sites excluding steroid dienone is 4. The molecule has 0 heterocycles. The van der Waals surface area contributed by atoms with Gasteiger partial charge < -0.3 is 20.1 Å². The molecule has 0 amide bonds. The van der Waals surface area contributed by atoms with E-state index in [1.807, 2.05) is 0 Å². The Morgan fingerprint density at radius 2 is 1.13 bits per heavy atom. The van der Waals surface area contributed by atoms with E-state index in [1.54, 1.807) is 0 Å². The molecule has 0 fully saturated rings. The lowest BCUT2D eigenvalue weighted by Gasteiger charge is -2.19. The lowest BCUT2D eigenvalue weighted by atomic mass is 10.1. The van der Waals surface area contributed by atoms with Gasteiger partial charge in [-0.1, -0.05) is 128 Å². The van der Waals surface area contributed by atoms with Crippen molar-refractivity contribution in [2.45, 2.75) is 168 Å². The van der Waals surface area contributed by atoms with Crippen molar-refractivity contribution in [3.8, 4) is 0 Å². The first-order valence-corrected chi connectivity index (χ1v) is 19.8. The summed E-state index contributed by atoms with van der Waals surface area (Å²) in [4.78, 5) is 34.6. The van der Waals surface area contributed by atoms with Crippen LogP contribution in [0.2, 0.25) is 0 Å². The molecule has 270 valence electrons. The molecule has 0 aliphatic rings. The van der Waals surface area contributed by atoms with Crippen LogP contribution in [-0.2, 0) is 32.7 Å². The van der Waals surface area contributed by atoms with Crippen molar-refractivity contribution in [3.05, 3.63) is 24.3 Å². The summed E-state index contributed by atoms with van der Waals surface area (Å²) in [6.07, 6.45) is 32.1. The molecule has 2 atom stereocenters. The number of carbonyl (C=O) groups is 2. The van der Waals surface area contributed by atoms with Crippen molar-refractivity contribution in [2.75, 3.05) is 26.4 Å². The smallest absolute Gasteiger partial charge is 0.462 e. The van der Waals surface area contributed by atoms with Crippen molar-refractivity contribution < 1.29 is 37.6 Å². The van der Waals surface area contributed by atoms with Crippen molar-refractivity contribution in [3.63, 3.8) is 0 Å². The third-order valence-electron chi connectivity index (χ3n) is 7.59. The first-order valence-electron chi connectivity index (χ1n) is 18.3. The van der Waals surface area contributed by atoms with Crippen LogP contribution in [0.25, 0.3) is 0 Å². The number of phosphoric acid groups is 1. The van der Waals surface area contributed by atoms with E-state index in [9.17, 15) is 19.0 Å². The summed E-state index contributed by atoms with van der Waals surface area (Å²) in [7, 11) is -4.37. The fourth-order valence-electron chi connectivity index (χ4n) is 4.84.